The van der Waals surface area contributed by atoms with Crippen molar-refractivity contribution >= 4 is 34.4 Å². The van der Waals surface area contributed by atoms with Gasteiger partial charge in [-0.25, -0.2) is 9.07 Å². The molecule has 3 rings (SSSR count). The molecule has 1 atom stereocenters. The highest BCUT2D eigenvalue weighted by Crippen LogP contribution is 2.22. The first-order valence-corrected chi connectivity index (χ1v) is 8.65. The topological polar surface area (TPSA) is 33.1 Å². The average Bonchev–Trinajstić information content (AvgIpc) is 2.81. The molecule has 2 heterocycles. The predicted octanol–water partition coefficient (Wildman–Crippen LogP) is 4.25. The van der Waals surface area contributed by atoms with Gasteiger partial charge in [-0.05, 0) is 61.8 Å². The fraction of sp³-hybridized carbons (Fsp3) is 0.467. The number of hydrogen-bond acceptors (Lipinski definition) is 5. The van der Waals surface area contributed by atoms with Crippen LogP contribution < -0.4 is 5.32 Å². The van der Waals surface area contributed by atoms with Crippen LogP contribution in [0.3, 0.4) is 0 Å². The van der Waals surface area contributed by atoms with Crippen LogP contribution in [0.5, 0.6) is 0 Å². The number of hydrogen-bond donors (Lipinski definition) is 1. The van der Waals surface area contributed by atoms with Crippen molar-refractivity contribution in [3.05, 3.63) is 34.0 Å². The number of nitrogens with one attached hydrogen (secondary N) is 1. The van der Waals surface area contributed by atoms with Crippen molar-refractivity contribution in [2.45, 2.75) is 26.4 Å². The van der Waals surface area contributed by atoms with Gasteiger partial charge in [0, 0.05) is 12.2 Å². The Labute approximate surface area is 138 Å². The monoisotopic (exact) mass is 338 g/mol. The van der Waals surface area contributed by atoms with Gasteiger partial charge in [-0.1, -0.05) is 18.3 Å². The molecule has 22 heavy (non-hydrogen) atoms. The first-order chi connectivity index (χ1) is 10.6. The van der Waals surface area contributed by atoms with Gasteiger partial charge in [-0.2, -0.15) is 0 Å². The average molecular weight is 338 g/mol. The number of anilines is 2. The van der Waals surface area contributed by atoms with E-state index in [-0.39, 0.29) is 5.82 Å². The highest BCUT2D eigenvalue weighted by molar-refractivity contribution is 7.73. The van der Waals surface area contributed by atoms with E-state index in [1.807, 2.05) is 4.68 Å². The molecule has 1 aromatic carbocycles. The lowest BCUT2D eigenvalue weighted by molar-refractivity contribution is 0.138. The minimum Gasteiger partial charge on any atom is -0.330 e. The predicted molar refractivity (Wildman–Crippen MR) is 90.6 cm³/mol. The minimum absolute atomic E-state index is 0.247. The Morgan fingerprint density at radius 1 is 1.41 bits per heavy atom. The Balaban J connectivity index is 1.68. The highest BCUT2D eigenvalue weighted by atomic mass is 32.1. The highest BCUT2D eigenvalue weighted by Gasteiger charge is 2.17. The second kappa shape index (κ2) is 6.85. The van der Waals surface area contributed by atoms with Crippen molar-refractivity contribution in [2.75, 3.05) is 18.4 Å². The van der Waals surface area contributed by atoms with Gasteiger partial charge in [-0.15, -0.1) is 5.10 Å². The van der Waals surface area contributed by atoms with Gasteiger partial charge in [0.25, 0.3) is 0 Å². The van der Waals surface area contributed by atoms with Crippen molar-refractivity contribution in [1.29, 1.82) is 0 Å². The lowest BCUT2D eigenvalue weighted by atomic mass is 10.0. The van der Waals surface area contributed by atoms with E-state index in [1.165, 1.54) is 36.3 Å². The first kappa shape index (κ1) is 15.6. The Kier molecular flexibility index (Phi) is 4.85. The molecule has 1 aliphatic rings. The lowest BCUT2D eigenvalue weighted by Gasteiger charge is -2.30. The molecule has 1 N–H and O–H groups in total. The molecule has 1 aromatic heterocycles. The van der Waals surface area contributed by atoms with E-state index in [2.05, 4.69) is 22.2 Å². The molecule has 0 amide bonds. The van der Waals surface area contributed by atoms with Crippen LogP contribution in [-0.2, 0) is 6.67 Å². The second-order valence-corrected chi connectivity index (χ2v) is 7.39. The van der Waals surface area contributed by atoms with Gasteiger partial charge in [0.05, 0.1) is 6.67 Å². The van der Waals surface area contributed by atoms with Crippen LogP contribution in [0.15, 0.2) is 24.3 Å². The third kappa shape index (κ3) is 3.91. The molecule has 0 aliphatic carbocycles. The minimum atomic E-state index is -0.247. The van der Waals surface area contributed by atoms with E-state index >= 15 is 0 Å². The van der Waals surface area contributed by atoms with Crippen LogP contribution in [-0.4, -0.2) is 27.8 Å². The van der Waals surface area contributed by atoms with Gasteiger partial charge in [0.1, 0.15) is 5.82 Å². The molecule has 1 aliphatic heterocycles. The third-order valence-electron chi connectivity index (χ3n) is 3.78. The van der Waals surface area contributed by atoms with E-state index in [0.717, 1.165) is 40.4 Å². The zero-order chi connectivity index (χ0) is 15.5. The second-order valence-electron chi connectivity index (χ2n) is 5.77. The lowest BCUT2D eigenvalue weighted by Crippen LogP contribution is -2.36. The van der Waals surface area contributed by atoms with E-state index in [0.29, 0.717) is 0 Å². The van der Waals surface area contributed by atoms with E-state index in [9.17, 15) is 4.39 Å². The fourth-order valence-electron chi connectivity index (χ4n) is 2.71. The largest absolute Gasteiger partial charge is 0.330 e. The van der Waals surface area contributed by atoms with Crippen molar-refractivity contribution in [2.24, 2.45) is 5.92 Å². The summed E-state index contributed by atoms with van der Waals surface area (Å²) in [6.07, 6.45) is 2.54. The normalized spacial score (nSPS) is 19.3. The van der Waals surface area contributed by atoms with Crippen molar-refractivity contribution in [1.82, 2.24) is 14.7 Å². The Morgan fingerprint density at radius 2 is 2.18 bits per heavy atom. The van der Waals surface area contributed by atoms with Crippen molar-refractivity contribution in [3.8, 4) is 0 Å². The van der Waals surface area contributed by atoms with Gasteiger partial charge in [0.15, 0.2) is 3.95 Å². The van der Waals surface area contributed by atoms with Crippen LogP contribution in [0, 0.1) is 15.7 Å². The Morgan fingerprint density at radius 3 is 2.91 bits per heavy atom. The maximum Gasteiger partial charge on any atom is 0.209 e. The number of nitrogens with zero attached hydrogens (tertiary/aromatic N) is 3. The van der Waals surface area contributed by atoms with Crippen molar-refractivity contribution in [3.63, 3.8) is 0 Å². The summed E-state index contributed by atoms with van der Waals surface area (Å²) in [6, 6.07) is 6.23. The van der Waals surface area contributed by atoms with Crippen LogP contribution in [0.4, 0.5) is 15.2 Å². The summed E-state index contributed by atoms with van der Waals surface area (Å²) < 4.78 is 15.5. The van der Waals surface area contributed by atoms with E-state index < -0.39 is 0 Å². The molecule has 1 fully saturated rings. The molecule has 0 bridgehead atoms. The molecule has 7 heteroatoms. The summed E-state index contributed by atoms with van der Waals surface area (Å²) in [5.41, 5.74) is 0.809. The number of halogens is 1. The molecule has 0 spiro atoms. The molecule has 1 saturated heterocycles. The summed E-state index contributed by atoms with van der Waals surface area (Å²) in [5.74, 6) is 0.487. The van der Waals surface area contributed by atoms with Gasteiger partial charge < -0.3 is 5.32 Å². The van der Waals surface area contributed by atoms with Crippen LogP contribution >= 0.6 is 23.6 Å². The quantitative estimate of drug-likeness (QED) is 0.845. The van der Waals surface area contributed by atoms with Crippen LogP contribution in [0.2, 0.25) is 0 Å². The maximum atomic E-state index is 12.9. The van der Waals surface area contributed by atoms with Gasteiger partial charge in [0.2, 0.25) is 5.13 Å². The van der Waals surface area contributed by atoms with E-state index in [1.54, 1.807) is 12.1 Å². The molecule has 118 valence electrons. The summed E-state index contributed by atoms with van der Waals surface area (Å²) in [5, 5.41) is 8.44. The molecule has 4 nitrogen and oxygen atoms in total. The summed E-state index contributed by atoms with van der Waals surface area (Å²) in [6.45, 7) is 5.23. The van der Waals surface area contributed by atoms with Gasteiger partial charge in [-0.3, -0.25) is 4.90 Å². The summed E-state index contributed by atoms with van der Waals surface area (Å²) in [7, 11) is 0. The first-order valence-electron chi connectivity index (χ1n) is 7.43. The number of likely N-dealkylation sites (tertiary alicyclic amines) is 1. The number of piperidine rings is 1. The fourth-order valence-corrected chi connectivity index (χ4v) is 3.72. The Hall–Kier alpha value is -1.31. The summed E-state index contributed by atoms with van der Waals surface area (Å²) >= 11 is 6.84. The molecule has 0 radical (unpaired) electrons. The molecule has 2 aromatic rings. The number of rotatable bonds is 4. The maximum absolute atomic E-state index is 12.9. The SMILES string of the molecule is C[C@H]1CCCN(Cn2nc(Nc3ccc(F)cc3)sc2=S)C1. The smallest absolute Gasteiger partial charge is 0.209 e. The van der Waals surface area contributed by atoms with Crippen LogP contribution in [0.1, 0.15) is 19.8 Å². The molecule has 0 unspecified atom stereocenters. The number of benzene rings is 1. The van der Waals surface area contributed by atoms with Gasteiger partial charge >= 0.3 is 0 Å². The third-order valence-corrected chi connectivity index (χ3v) is 5.00. The molecule has 0 saturated carbocycles. The zero-order valence-electron chi connectivity index (χ0n) is 12.5. The summed E-state index contributed by atoms with van der Waals surface area (Å²) in [4.78, 5) is 2.39. The molecular formula is C15H19FN4S2. The molecular weight excluding hydrogens is 319 g/mol. The standard InChI is InChI=1S/C15H19FN4S2/c1-11-3-2-8-19(9-11)10-20-15(21)22-14(18-20)17-13-6-4-12(16)5-7-13/h4-7,11H,2-3,8-10H2,1H3,(H,17,18)/t11-/m0/s1. The zero-order valence-corrected chi connectivity index (χ0v) is 14.1. The van der Waals surface area contributed by atoms with E-state index in [4.69, 9.17) is 12.2 Å². The Bertz CT molecular complexity index is 680. The van der Waals surface area contributed by atoms with Crippen molar-refractivity contribution < 1.29 is 4.39 Å². The number of aromatic nitrogens is 2. The van der Waals surface area contributed by atoms with Crippen LogP contribution in [0.25, 0.3) is 0 Å².